The van der Waals surface area contributed by atoms with E-state index in [2.05, 4.69) is 35.2 Å². The first-order valence-corrected chi connectivity index (χ1v) is 6.76. The van der Waals surface area contributed by atoms with Crippen molar-refractivity contribution in [2.75, 3.05) is 0 Å². The maximum absolute atomic E-state index is 4.63. The van der Waals surface area contributed by atoms with Crippen LogP contribution in [0.3, 0.4) is 0 Å². The number of H-pyrrole nitrogens is 1. The summed E-state index contributed by atoms with van der Waals surface area (Å²) in [5.74, 6) is 1.32. The van der Waals surface area contributed by atoms with Crippen molar-refractivity contribution in [3.05, 3.63) is 48.4 Å². The van der Waals surface area contributed by atoms with Gasteiger partial charge in [-0.25, -0.2) is 24.6 Å². The number of aromatic amines is 1. The zero-order chi connectivity index (χ0) is 14.9. The van der Waals surface area contributed by atoms with Crippen molar-refractivity contribution in [2.45, 2.75) is 13.5 Å². The largest absolute Gasteiger partial charge is 0.258 e. The minimum absolute atomic E-state index is 0.543. The van der Waals surface area contributed by atoms with Gasteiger partial charge in [-0.05, 0) is 19.1 Å². The van der Waals surface area contributed by atoms with E-state index >= 15 is 0 Å². The Morgan fingerprint density at radius 2 is 2.09 bits per heavy atom. The van der Waals surface area contributed by atoms with Crippen LogP contribution in [0.2, 0.25) is 0 Å². The molecule has 0 aliphatic rings. The number of hydrogen-bond acceptors (Lipinski definition) is 6. The molecule has 0 aromatic carbocycles. The molecule has 4 heterocycles. The van der Waals surface area contributed by atoms with Gasteiger partial charge >= 0.3 is 0 Å². The molecule has 4 aromatic rings. The Kier molecular flexibility index (Phi) is 2.85. The molecule has 0 aliphatic heterocycles. The van der Waals surface area contributed by atoms with Crippen molar-refractivity contribution >= 4 is 11.0 Å². The van der Waals surface area contributed by atoms with Gasteiger partial charge < -0.3 is 0 Å². The highest BCUT2D eigenvalue weighted by atomic mass is 15.3. The summed E-state index contributed by atoms with van der Waals surface area (Å²) in [5, 5.41) is 12.5. The topological polar surface area (TPSA) is 98.1 Å². The standard InChI is InChI=1S/C14H12N8/c1-9-18-13(20-19-9)12-11-3-2-4-17-14(11)22(21-12)7-10-5-15-8-16-6-10/h2-6,8H,7H2,1H3,(H,18,19,20). The Morgan fingerprint density at radius 1 is 1.23 bits per heavy atom. The number of pyridine rings is 1. The van der Waals surface area contributed by atoms with Crippen LogP contribution >= 0.6 is 0 Å². The molecular weight excluding hydrogens is 280 g/mol. The number of aromatic nitrogens is 8. The molecule has 0 aliphatic carbocycles. The number of aryl methyl sites for hydroxylation is 1. The van der Waals surface area contributed by atoms with Crippen LogP contribution in [-0.4, -0.2) is 39.9 Å². The van der Waals surface area contributed by atoms with Gasteiger partial charge in [0.1, 0.15) is 17.8 Å². The van der Waals surface area contributed by atoms with Gasteiger partial charge in [-0.15, -0.1) is 0 Å². The van der Waals surface area contributed by atoms with E-state index in [0.29, 0.717) is 18.2 Å². The number of fused-ring (bicyclic) bond motifs is 1. The van der Waals surface area contributed by atoms with Crippen molar-refractivity contribution in [2.24, 2.45) is 0 Å². The lowest BCUT2D eigenvalue weighted by Crippen LogP contribution is -2.03. The summed E-state index contributed by atoms with van der Waals surface area (Å²) < 4.78 is 1.82. The number of nitrogens with zero attached hydrogens (tertiary/aromatic N) is 7. The molecule has 0 amide bonds. The summed E-state index contributed by atoms with van der Waals surface area (Å²) in [6.45, 7) is 2.38. The SMILES string of the molecule is Cc1n[nH]c(-c2nn(Cc3cncnc3)c3ncccc23)n1. The smallest absolute Gasteiger partial charge is 0.177 e. The third kappa shape index (κ3) is 2.10. The average Bonchev–Trinajstić information content (AvgIpc) is 3.13. The summed E-state index contributed by atoms with van der Waals surface area (Å²) in [6.07, 6.45) is 6.78. The highest BCUT2D eigenvalue weighted by Crippen LogP contribution is 2.24. The minimum Gasteiger partial charge on any atom is -0.258 e. The molecule has 8 nitrogen and oxygen atoms in total. The maximum atomic E-state index is 4.63. The molecule has 0 bridgehead atoms. The Labute approximate surface area is 125 Å². The van der Waals surface area contributed by atoms with Crippen LogP contribution in [0.1, 0.15) is 11.4 Å². The highest BCUT2D eigenvalue weighted by molar-refractivity contribution is 5.89. The summed E-state index contributed by atoms with van der Waals surface area (Å²) >= 11 is 0. The monoisotopic (exact) mass is 292 g/mol. The molecule has 0 spiro atoms. The Bertz CT molecular complexity index is 924. The summed E-state index contributed by atoms with van der Waals surface area (Å²) in [7, 11) is 0. The van der Waals surface area contributed by atoms with Gasteiger partial charge in [0.15, 0.2) is 11.5 Å². The van der Waals surface area contributed by atoms with Gasteiger partial charge in [0.05, 0.1) is 11.9 Å². The van der Waals surface area contributed by atoms with Gasteiger partial charge in [-0.1, -0.05) is 0 Å². The molecule has 0 radical (unpaired) electrons. The second kappa shape index (κ2) is 4.99. The zero-order valence-electron chi connectivity index (χ0n) is 11.8. The van der Waals surface area contributed by atoms with Crippen LogP contribution < -0.4 is 0 Å². The number of nitrogens with one attached hydrogen (secondary N) is 1. The molecule has 0 saturated carbocycles. The molecule has 8 heteroatoms. The molecule has 108 valence electrons. The quantitative estimate of drug-likeness (QED) is 0.612. The van der Waals surface area contributed by atoms with Gasteiger partial charge in [0, 0.05) is 24.2 Å². The molecule has 0 unspecified atom stereocenters. The van der Waals surface area contributed by atoms with E-state index in [1.165, 1.54) is 6.33 Å². The Morgan fingerprint density at radius 3 is 2.86 bits per heavy atom. The Balaban J connectivity index is 1.86. The van der Waals surface area contributed by atoms with E-state index in [1.54, 1.807) is 18.6 Å². The van der Waals surface area contributed by atoms with Gasteiger partial charge in [0.2, 0.25) is 0 Å². The first-order valence-electron chi connectivity index (χ1n) is 6.76. The zero-order valence-corrected chi connectivity index (χ0v) is 11.8. The minimum atomic E-state index is 0.543. The lowest BCUT2D eigenvalue weighted by Gasteiger charge is -2.01. The maximum Gasteiger partial charge on any atom is 0.177 e. The predicted octanol–water partition coefficient (Wildman–Crippen LogP) is 1.36. The van der Waals surface area contributed by atoms with Crippen molar-refractivity contribution in [3.8, 4) is 11.5 Å². The van der Waals surface area contributed by atoms with Crippen LogP contribution in [0, 0.1) is 6.92 Å². The van der Waals surface area contributed by atoms with Crippen molar-refractivity contribution < 1.29 is 0 Å². The molecule has 0 saturated heterocycles. The fourth-order valence-corrected chi connectivity index (χ4v) is 2.33. The lowest BCUT2D eigenvalue weighted by atomic mass is 10.2. The third-order valence-corrected chi connectivity index (χ3v) is 3.27. The fourth-order valence-electron chi connectivity index (χ4n) is 2.33. The molecule has 1 N–H and O–H groups in total. The van der Waals surface area contributed by atoms with Crippen LogP contribution in [0.15, 0.2) is 37.1 Å². The number of hydrogen-bond donors (Lipinski definition) is 1. The third-order valence-electron chi connectivity index (χ3n) is 3.27. The highest BCUT2D eigenvalue weighted by Gasteiger charge is 2.16. The second-order valence-corrected chi connectivity index (χ2v) is 4.86. The van der Waals surface area contributed by atoms with E-state index in [1.807, 2.05) is 23.7 Å². The van der Waals surface area contributed by atoms with Crippen LogP contribution in [0.25, 0.3) is 22.6 Å². The van der Waals surface area contributed by atoms with Crippen LogP contribution in [0.5, 0.6) is 0 Å². The average molecular weight is 292 g/mol. The molecule has 22 heavy (non-hydrogen) atoms. The van der Waals surface area contributed by atoms with Crippen molar-refractivity contribution in [3.63, 3.8) is 0 Å². The first-order chi connectivity index (χ1) is 10.8. The molecule has 4 aromatic heterocycles. The first kappa shape index (κ1) is 12.6. The van der Waals surface area contributed by atoms with E-state index in [4.69, 9.17) is 0 Å². The molecular formula is C14H12N8. The normalized spacial score (nSPS) is 11.1. The van der Waals surface area contributed by atoms with Gasteiger partial charge in [0.25, 0.3) is 0 Å². The lowest BCUT2D eigenvalue weighted by molar-refractivity contribution is 0.700. The Hall–Kier alpha value is -3.16. The van der Waals surface area contributed by atoms with E-state index in [-0.39, 0.29) is 0 Å². The van der Waals surface area contributed by atoms with Gasteiger partial charge in [-0.3, -0.25) is 5.10 Å². The van der Waals surface area contributed by atoms with Crippen molar-refractivity contribution in [1.82, 2.24) is 39.9 Å². The molecule has 0 fully saturated rings. The van der Waals surface area contributed by atoms with Crippen LogP contribution in [-0.2, 0) is 6.54 Å². The fraction of sp³-hybridized carbons (Fsp3) is 0.143. The number of rotatable bonds is 3. The predicted molar refractivity (Wildman–Crippen MR) is 78.8 cm³/mol. The summed E-state index contributed by atoms with van der Waals surface area (Å²) in [6, 6.07) is 3.85. The molecule has 4 rings (SSSR count). The van der Waals surface area contributed by atoms with Crippen LogP contribution in [0.4, 0.5) is 0 Å². The van der Waals surface area contributed by atoms with Crippen molar-refractivity contribution in [1.29, 1.82) is 0 Å². The summed E-state index contributed by atoms with van der Waals surface area (Å²) in [4.78, 5) is 16.8. The van der Waals surface area contributed by atoms with E-state index in [9.17, 15) is 0 Å². The van der Waals surface area contributed by atoms with E-state index < -0.39 is 0 Å². The van der Waals surface area contributed by atoms with Gasteiger partial charge in [-0.2, -0.15) is 10.2 Å². The summed E-state index contributed by atoms with van der Waals surface area (Å²) in [5.41, 5.74) is 2.48. The second-order valence-electron chi connectivity index (χ2n) is 4.86. The molecule has 0 atom stereocenters. The van der Waals surface area contributed by atoms with E-state index in [0.717, 1.165) is 22.3 Å².